The molecule has 1 aliphatic rings. The fraction of sp³-hybridized carbons (Fsp3) is 0.333. The molecule has 0 saturated carbocycles. The smallest absolute Gasteiger partial charge is 0.416 e. The number of nitrogens with one attached hydrogen (secondary N) is 1. The number of nitrogen functional groups attached to an aromatic ring is 1. The maximum Gasteiger partial charge on any atom is 0.416 e. The molecule has 34 heavy (non-hydrogen) atoms. The number of benzene rings is 1. The lowest BCUT2D eigenvalue weighted by Gasteiger charge is -2.22. The highest BCUT2D eigenvalue weighted by Gasteiger charge is 2.35. The molecule has 4 heterocycles. The summed E-state index contributed by atoms with van der Waals surface area (Å²) in [6.07, 6.45) is 3.44. The molecule has 0 spiro atoms. The van der Waals surface area contributed by atoms with Crippen molar-refractivity contribution in [2.75, 3.05) is 18.8 Å². The molecule has 178 valence electrons. The SMILES string of the molecule is CC(Oc1c(N)ncc2c(-c3cnn(C4CCNCC4)c3)coc12)c1ccccc1C(F)(F)F. The number of hydrogen-bond acceptors (Lipinski definition) is 6. The minimum Gasteiger partial charge on any atom is -0.478 e. The number of pyridine rings is 1. The molecule has 0 radical (unpaired) electrons. The summed E-state index contributed by atoms with van der Waals surface area (Å²) < 4.78 is 54.1. The van der Waals surface area contributed by atoms with Crippen LogP contribution in [0, 0.1) is 0 Å². The third kappa shape index (κ3) is 4.09. The first kappa shape index (κ1) is 22.3. The van der Waals surface area contributed by atoms with E-state index in [1.54, 1.807) is 18.7 Å². The van der Waals surface area contributed by atoms with Crippen molar-refractivity contribution >= 4 is 16.8 Å². The van der Waals surface area contributed by atoms with E-state index in [4.69, 9.17) is 14.9 Å². The van der Waals surface area contributed by atoms with Gasteiger partial charge in [0.25, 0.3) is 0 Å². The maximum atomic E-state index is 13.5. The maximum absolute atomic E-state index is 13.5. The van der Waals surface area contributed by atoms with E-state index in [0.29, 0.717) is 17.0 Å². The van der Waals surface area contributed by atoms with Gasteiger partial charge in [0.15, 0.2) is 11.4 Å². The van der Waals surface area contributed by atoms with Crippen LogP contribution in [0.1, 0.15) is 43.0 Å². The van der Waals surface area contributed by atoms with Crippen LogP contribution in [0.25, 0.3) is 22.1 Å². The molecule has 5 rings (SSSR count). The second-order valence-corrected chi connectivity index (χ2v) is 8.40. The van der Waals surface area contributed by atoms with Crippen LogP contribution in [-0.2, 0) is 6.18 Å². The van der Waals surface area contributed by atoms with E-state index < -0.39 is 17.8 Å². The summed E-state index contributed by atoms with van der Waals surface area (Å²) in [6, 6.07) is 5.63. The summed E-state index contributed by atoms with van der Waals surface area (Å²) in [5.74, 6) is 0.147. The molecule has 4 aromatic rings. The van der Waals surface area contributed by atoms with E-state index in [0.717, 1.165) is 43.1 Å². The lowest BCUT2D eigenvalue weighted by Crippen LogP contribution is -2.29. The van der Waals surface area contributed by atoms with Gasteiger partial charge in [0.1, 0.15) is 12.4 Å². The highest BCUT2D eigenvalue weighted by Crippen LogP contribution is 2.41. The zero-order chi connectivity index (χ0) is 23.9. The normalized spacial score (nSPS) is 16.1. The molecule has 7 nitrogen and oxygen atoms in total. The minimum atomic E-state index is -4.50. The predicted octanol–water partition coefficient (Wildman–Crippen LogP) is 5.36. The molecule has 1 aliphatic heterocycles. The number of halogens is 3. The molecule has 1 aromatic carbocycles. The van der Waals surface area contributed by atoms with E-state index in [1.807, 2.05) is 10.9 Å². The van der Waals surface area contributed by atoms with Crippen molar-refractivity contribution in [3.05, 3.63) is 60.2 Å². The Morgan fingerprint density at radius 3 is 2.74 bits per heavy atom. The van der Waals surface area contributed by atoms with Crippen LogP contribution in [0.5, 0.6) is 5.75 Å². The molecule has 1 fully saturated rings. The molecular formula is C24H24F3N5O2. The van der Waals surface area contributed by atoms with Gasteiger partial charge in [0.2, 0.25) is 5.75 Å². The van der Waals surface area contributed by atoms with Crippen molar-refractivity contribution < 1.29 is 22.3 Å². The van der Waals surface area contributed by atoms with Gasteiger partial charge in [0.05, 0.1) is 23.2 Å². The Balaban J connectivity index is 1.48. The van der Waals surface area contributed by atoms with Crippen molar-refractivity contribution in [2.24, 2.45) is 0 Å². The van der Waals surface area contributed by atoms with Gasteiger partial charge in [-0.1, -0.05) is 18.2 Å². The van der Waals surface area contributed by atoms with Crippen molar-refractivity contribution in [2.45, 2.75) is 38.1 Å². The number of nitrogens with zero attached hydrogens (tertiary/aromatic N) is 3. The van der Waals surface area contributed by atoms with Gasteiger partial charge in [-0.25, -0.2) is 4.98 Å². The van der Waals surface area contributed by atoms with Crippen molar-refractivity contribution in [1.29, 1.82) is 0 Å². The Hall–Kier alpha value is -3.53. The van der Waals surface area contributed by atoms with Crippen molar-refractivity contribution in [3.8, 4) is 16.9 Å². The lowest BCUT2D eigenvalue weighted by molar-refractivity contribution is -0.138. The van der Waals surface area contributed by atoms with Gasteiger partial charge in [0, 0.05) is 29.1 Å². The fourth-order valence-corrected chi connectivity index (χ4v) is 4.42. The molecule has 3 N–H and O–H groups in total. The van der Waals surface area contributed by atoms with Crippen LogP contribution in [0.3, 0.4) is 0 Å². The van der Waals surface area contributed by atoms with Crippen LogP contribution in [0.15, 0.2) is 53.5 Å². The van der Waals surface area contributed by atoms with E-state index >= 15 is 0 Å². The third-order valence-electron chi connectivity index (χ3n) is 6.20. The molecule has 0 amide bonds. The van der Waals surface area contributed by atoms with Crippen LogP contribution in [-0.4, -0.2) is 27.9 Å². The van der Waals surface area contributed by atoms with E-state index in [1.165, 1.54) is 25.1 Å². The number of nitrogens with two attached hydrogens (primary N) is 1. The quantitative estimate of drug-likeness (QED) is 0.407. The Morgan fingerprint density at radius 2 is 1.97 bits per heavy atom. The van der Waals surface area contributed by atoms with Gasteiger partial charge >= 0.3 is 6.18 Å². The first-order chi connectivity index (χ1) is 16.3. The molecule has 10 heteroatoms. The van der Waals surface area contributed by atoms with E-state index in [-0.39, 0.29) is 17.1 Å². The number of rotatable bonds is 5. The number of piperidine rings is 1. The summed E-state index contributed by atoms with van der Waals surface area (Å²) in [5, 5.41) is 8.51. The topological polar surface area (TPSA) is 91.1 Å². The molecule has 1 saturated heterocycles. The molecule has 1 atom stereocenters. The number of alkyl halides is 3. The van der Waals surface area contributed by atoms with Gasteiger partial charge in [-0.15, -0.1) is 0 Å². The summed E-state index contributed by atoms with van der Waals surface area (Å²) >= 11 is 0. The Labute approximate surface area is 193 Å². The third-order valence-corrected chi connectivity index (χ3v) is 6.20. The fourth-order valence-electron chi connectivity index (χ4n) is 4.42. The van der Waals surface area contributed by atoms with E-state index in [2.05, 4.69) is 15.4 Å². The molecule has 3 aromatic heterocycles. The Kier molecular flexibility index (Phi) is 5.68. The monoisotopic (exact) mass is 471 g/mol. The number of aromatic nitrogens is 3. The summed E-state index contributed by atoms with van der Waals surface area (Å²) in [7, 11) is 0. The predicted molar refractivity (Wildman–Crippen MR) is 121 cm³/mol. The average Bonchev–Trinajstić information content (AvgIpc) is 3.48. The summed E-state index contributed by atoms with van der Waals surface area (Å²) in [6.45, 7) is 3.44. The molecular weight excluding hydrogens is 447 g/mol. The van der Waals surface area contributed by atoms with Gasteiger partial charge in [-0.05, 0) is 38.9 Å². The first-order valence-corrected chi connectivity index (χ1v) is 11.1. The van der Waals surface area contributed by atoms with Crippen LogP contribution in [0.4, 0.5) is 19.0 Å². The average molecular weight is 471 g/mol. The molecule has 0 bridgehead atoms. The lowest BCUT2D eigenvalue weighted by atomic mass is 10.0. The minimum absolute atomic E-state index is 0.00132. The second kappa shape index (κ2) is 8.68. The molecule has 1 unspecified atom stereocenters. The largest absolute Gasteiger partial charge is 0.478 e. The van der Waals surface area contributed by atoms with E-state index in [9.17, 15) is 13.2 Å². The van der Waals surface area contributed by atoms with Gasteiger partial charge in [-0.3, -0.25) is 4.68 Å². The summed E-state index contributed by atoms with van der Waals surface area (Å²) in [4.78, 5) is 4.22. The Bertz CT molecular complexity index is 1310. The second-order valence-electron chi connectivity index (χ2n) is 8.40. The highest BCUT2D eigenvalue weighted by molar-refractivity contribution is 5.97. The van der Waals surface area contributed by atoms with Crippen LogP contribution < -0.4 is 15.8 Å². The Morgan fingerprint density at radius 1 is 1.21 bits per heavy atom. The molecule has 0 aliphatic carbocycles. The van der Waals surface area contributed by atoms with Crippen LogP contribution in [0.2, 0.25) is 0 Å². The van der Waals surface area contributed by atoms with Crippen molar-refractivity contribution in [3.63, 3.8) is 0 Å². The number of anilines is 1. The number of ether oxygens (including phenoxy) is 1. The number of furan rings is 1. The van der Waals surface area contributed by atoms with Crippen molar-refractivity contribution in [1.82, 2.24) is 20.1 Å². The zero-order valence-corrected chi connectivity index (χ0v) is 18.5. The van der Waals surface area contributed by atoms with Gasteiger partial charge < -0.3 is 20.2 Å². The number of hydrogen-bond donors (Lipinski definition) is 2. The standard InChI is InChI=1S/C24H24F3N5O2/c1-14(17-4-2-3-5-20(17)24(25,26)27)34-22-21-18(11-30-23(22)28)19(13-33-21)15-10-31-32(12-15)16-6-8-29-9-7-16/h2-5,10-14,16,29H,6-9H2,1H3,(H2,28,30). The number of fused-ring (bicyclic) bond motifs is 1. The van der Waals surface area contributed by atoms with Gasteiger partial charge in [-0.2, -0.15) is 18.3 Å². The highest BCUT2D eigenvalue weighted by atomic mass is 19.4. The van der Waals surface area contributed by atoms with Crippen LogP contribution >= 0.6 is 0 Å². The summed E-state index contributed by atoms with van der Waals surface area (Å²) in [5.41, 5.74) is 7.23. The first-order valence-electron chi connectivity index (χ1n) is 11.1. The zero-order valence-electron chi connectivity index (χ0n) is 18.5.